The van der Waals surface area contributed by atoms with Crippen molar-refractivity contribution in [3.05, 3.63) is 0 Å². The van der Waals surface area contributed by atoms with Crippen LogP contribution in [0.25, 0.3) is 0 Å². The van der Waals surface area contributed by atoms with Crippen molar-refractivity contribution in [3.63, 3.8) is 0 Å². The van der Waals surface area contributed by atoms with Crippen molar-refractivity contribution < 1.29 is 4.21 Å². The summed E-state index contributed by atoms with van der Waals surface area (Å²) in [6.45, 7) is 7.58. The van der Waals surface area contributed by atoms with Crippen molar-refractivity contribution in [1.29, 1.82) is 0 Å². The van der Waals surface area contributed by atoms with Crippen molar-refractivity contribution in [2.24, 2.45) is 0 Å². The molecule has 2 nitrogen and oxygen atoms in total. The zero-order valence-corrected chi connectivity index (χ0v) is 12.1. The van der Waals surface area contributed by atoms with E-state index in [-0.39, 0.29) is 0 Å². The number of nitrogens with one attached hydrogen (secondary N) is 1. The van der Waals surface area contributed by atoms with E-state index < -0.39 is 10.8 Å². The van der Waals surface area contributed by atoms with Crippen LogP contribution in [0.4, 0.5) is 0 Å². The minimum Gasteiger partial charge on any atom is -0.314 e. The molecule has 16 heavy (non-hydrogen) atoms. The molecule has 0 aromatic rings. The van der Waals surface area contributed by atoms with Gasteiger partial charge in [0.2, 0.25) is 0 Å². The number of hydrogen-bond acceptors (Lipinski definition) is 2. The molecule has 0 rings (SSSR count). The highest BCUT2D eigenvalue weighted by molar-refractivity contribution is 7.84. The predicted octanol–water partition coefficient (Wildman–Crippen LogP) is 3.09. The Morgan fingerprint density at radius 1 is 1.06 bits per heavy atom. The van der Waals surface area contributed by atoms with Gasteiger partial charge >= 0.3 is 0 Å². The number of unbranched alkanes of at least 4 members (excludes halogenated alkanes) is 2. The van der Waals surface area contributed by atoms with Gasteiger partial charge in [-0.25, -0.2) is 0 Å². The largest absolute Gasteiger partial charge is 0.314 e. The Bertz CT molecular complexity index is 173. The Morgan fingerprint density at radius 2 is 1.75 bits per heavy atom. The van der Waals surface area contributed by atoms with Gasteiger partial charge in [-0.3, -0.25) is 4.21 Å². The van der Waals surface area contributed by atoms with E-state index in [1.54, 1.807) is 0 Å². The maximum Gasteiger partial charge on any atom is 0.0235 e. The fourth-order valence-corrected chi connectivity index (χ4v) is 3.06. The average molecular weight is 247 g/mol. The highest BCUT2D eigenvalue weighted by Gasteiger charge is 2.05. The van der Waals surface area contributed by atoms with Gasteiger partial charge in [0.15, 0.2) is 0 Å². The zero-order chi connectivity index (χ0) is 12.2. The first kappa shape index (κ1) is 16.1. The van der Waals surface area contributed by atoms with Gasteiger partial charge in [-0.05, 0) is 32.2 Å². The molecule has 0 aliphatic carbocycles. The van der Waals surface area contributed by atoms with Crippen LogP contribution in [-0.4, -0.2) is 28.3 Å². The van der Waals surface area contributed by atoms with Gasteiger partial charge < -0.3 is 5.32 Å². The second-order valence-electron chi connectivity index (χ2n) is 4.36. The van der Waals surface area contributed by atoms with Crippen LogP contribution in [0.5, 0.6) is 0 Å². The normalized spacial score (nSPS) is 14.9. The molecule has 2 atom stereocenters. The summed E-state index contributed by atoms with van der Waals surface area (Å²) < 4.78 is 11.6. The van der Waals surface area contributed by atoms with Crippen LogP contribution in [0, 0.1) is 0 Å². The summed E-state index contributed by atoms with van der Waals surface area (Å²) in [6, 6.07) is 0.623. The smallest absolute Gasteiger partial charge is 0.0235 e. The SMILES string of the molecule is CCCCCS(=O)CCCC(CC)NCC. The molecule has 0 saturated carbocycles. The first-order valence-corrected chi connectivity index (χ1v) is 8.31. The van der Waals surface area contributed by atoms with E-state index in [1.165, 1.54) is 25.7 Å². The lowest BCUT2D eigenvalue weighted by molar-refractivity contribution is 0.476. The summed E-state index contributed by atoms with van der Waals surface area (Å²) in [5.41, 5.74) is 0. The Hall–Kier alpha value is 0.110. The first-order valence-electron chi connectivity index (χ1n) is 6.82. The third-order valence-electron chi connectivity index (χ3n) is 2.89. The Balaban J connectivity index is 3.44. The van der Waals surface area contributed by atoms with Crippen molar-refractivity contribution >= 4 is 10.8 Å². The van der Waals surface area contributed by atoms with Crippen LogP contribution in [0.15, 0.2) is 0 Å². The van der Waals surface area contributed by atoms with Crippen LogP contribution >= 0.6 is 0 Å². The molecule has 0 bridgehead atoms. The van der Waals surface area contributed by atoms with Crippen LogP contribution in [-0.2, 0) is 10.8 Å². The Morgan fingerprint density at radius 3 is 2.31 bits per heavy atom. The molecule has 3 heteroatoms. The van der Waals surface area contributed by atoms with Gasteiger partial charge in [0.1, 0.15) is 0 Å². The molecule has 0 aromatic carbocycles. The highest BCUT2D eigenvalue weighted by Crippen LogP contribution is 2.04. The summed E-state index contributed by atoms with van der Waals surface area (Å²) in [5.74, 6) is 1.80. The second kappa shape index (κ2) is 11.6. The molecule has 0 saturated heterocycles. The molecule has 0 heterocycles. The zero-order valence-electron chi connectivity index (χ0n) is 11.3. The standard InChI is InChI=1S/C13H29NOS/c1-4-7-8-11-16(15)12-9-10-13(5-2)14-6-3/h13-14H,4-12H2,1-3H3. The van der Waals surface area contributed by atoms with Gasteiger partial charge in [-0.15, -0.1) is 0 Å². The fourth-order valence-electron chi connectivity index (χ4n) is 1.85. The summed E-state index contributed by atoms with van der Waals surface area (Å²) in [6.07, 6.45) is 7.02. The van der Waals surface area contributed by atoms with Crippen molar-refractivity contribution in [2.45, 2.75) is 65.3 Å². The summed E-state index contributed by atoms with van der Waals surface area (Å²) in [7, 11) is -0.572. The topological polar surface area (TPSA) is 29.1 Å². The Kier molecular flexibility index (Phi) is 11.7. The lowest BCUT2D eigenvalue weighted by Crippen LogP contribution is -2.28. The van der Waals surface area contributed by atoms with Gasteiger partial charge in [0.05, 0.1) is 0 Å². The van der Waals surface area contributed by atoms with Gasteiger partial charge in [0.25, 0.3) is 0 Å². The van der Waals surface area contributed by atoms with Gasteiger partial charge in [-0.1, -0.05) is 33.6 Å². The molecule has 0 spiro atoms. The summed E-state index contributed by atoms with van der Waals surface area (Å²) in [4.78, 5) is 0. The minimum absolute atomic E-state index is 0.572. The van der Waals surface area contributed by atoms with Crippen molar-refractivity contribution in [1.82, 2.24) is 5.32 Å². The van der Waals surface area contributed by atoms with Crippen LogP contribution in [0.1, 0.15) is 59.3 Å². The summed E-state index contributed by atoms with van der Waals surface area (Å²) in [5, 5.41) is 3.46. The van der Waals surface area contributed by atoms with E-state index >= 15 is 0 Å². The third-order valence-corrected chi connectivity index (χ3v) is 4.37. The molecule has 0 aliphatic rings. The maximum atomic E-state index is 11.6. The number of rotatable bonds is 11. The van der Waals surface area contributed by atoms with Gasteiger partial charge in [-0.2, -0.15) is 0 Å². The predicted molar refractivity (Wildman–Crippen MR) is 74.4 cm³/mol. The molecule has 0 amide bonds. The molecule has 98 valence electrons. The van der Waals surface area contributed by atoms with E-state index in [1.807, 2.05) is 0 Å². The third kappa shape index (κ3) is 9.34. The Labute approximate surface area is 104 Å². The molecule has 0 aromatic heterocycles. The molecule has 2 unspecified atom stereocenters. The maximum absolute atomic E-state index is 11.6. The van der Waals surface area contributed by atoms with Crippen LogP contribution < -0.4 is 5.32 Å². The molecule has 0 aliphatic heterocycles. The average Bonchev–Trinajstić information content (AvgIpc) is 2.28. The molecule has 0 fully saturated rings. The van der Waals surface area contributed by atoms with E-state index in [0.717, 1.165) is 30.9 Å². The van der Waals surface area contributed by atoms with E-state index in [4.69, 9.17) is 0 Å². The van der Waals surface area contributed by atoms with E-state index in [9.17, 15) is 4.21 Å². The van der Waals surface area contributed by atoms with Crippen molar-refractivity contribution in [2.75, 3.05) is 18.1 Å². The lowest BCUT2D eigenvalue weighted by atomic mass is 10.1. The lowest BCUT2D eigenvalue weighted by Gasteiger charge is -2.15. The van der Waals surface area contributed by atoms with E-state index in [2.05, 4.69) is 26.1 Å². The number of hydrogen-bond donors (Lipinski definition) is 1. The first-order chi connectivity index (χ1) is 7.74. The molecular formula is C13H29NOS. The molecule has 1 N–H and O–H groups in total. The fraction of sp³-hybridized carbons (Fsp3) is 1.00. The summed E-state index contributed by atoms with van der Waals surface area (Å²) >= 11 is 0. The quantitative estimate of drug-likeness (QED) is 0.568. The van der Waals surface area contributed by atoms with Crippen LogP contribution in [0.2, 0.25) is 0 Å². The molecule has 0 radical (unpaired) electrons. The highest BCUT2D eigenvalue weighted by atomic mass is 32.2. The second-order valence-corrected chi connectivity index (χ2v) is 6.06. The van der Waals surface area contributed by atoms with Crippen LogP contribution in [0.3, 0.4) is 0 Å². The monoisotopic (exact) mass is 247 g/mol. The van der Waals surface area contributed by atoms with E-state index in [0.29, 0.717) is 6.04 Å². The minimum atomic E-state index is -0.572. The van der Waals surface area contributed by atoms with Crippen molar-refractivity contribution in [3.8, 4) is 0 Å². The molecular weight excluding hydrogens is 218 g/mol. The van der Waals surface area contributed by atoms with Gasteiger partial charge in [0, 0.05) is 28.3 Å².